The molecule has 0 radical (unpaired) electrons. The molecule has 1 saturated carbocycles. The number of piperidine rings is 1. The van der Waals surface area contributed by atoms with E-state index >= 15 is 0 Å². The first-order valence-corrected chi connectivity index (χ1v) is 7.68. The van der Waals surface area contributed by atoms with E-state index in [-0.39, 0.29) is 0 Å². The van der Waals surface area contributed by atoms with Crippen LogP contribution >= 0.6 is 0 Å². The van der Waals surface area contributed by atoms with Crippen molar-refractivity contribution in [2.45, 2.75) is 51.0 Å². The second kappa shape index (κ2) is 5.90. The van der Waals surface area contributed by atoms with Gasteiger partial charge >= 0.3 is 0 Å². The smallest absolute Gasteiger partial charge is 0.244 e. The Hall–Kier alpha value is -1.10. The molecule has 106 valence electrons. The highest BCUT2D eigenvalue weighted by Crippen LogP contribution is 2.27. The highest BCUT2D eigenvalue weighted by Gasteiger charge is 2.22. The van der Waals surface area contributed by atoms with Gasteiger partial charge in [-0.25, -0.2) is 0 Å². The van der Waals surface area contributed by atoms with Gasteiger partial charge in [-0.05, 0) is 25.8 Å². The molecule has 0 bridgehead atoms. The lowest BCUT2D eigenvalue weighted by Crippen LogP contribution is -2.41. The van der Waals surface area contributed by atoms with Gasteiger partial charge in [0, 0.05) is 25.6 Å². The Kier molecular flexibility index (Phi) is 4.01. The fraction of sp³-hybridized carbons (Fsp3) is 0.857. The summed E-state index contributed by atoms with van der Waals surface area (Å²) >= 11 is 0. The van der Waals surface area contributed by atoms with Crippen LogP contribution in [0.15, 0.2) is 0 Å². The molecule has 2 heterocycles. The highest BCUT2D eigenvalue weighted by molar-refractivity contribution is 5.29. The van der Waals surface area contributed by atoms with Crippen LogP contribution in [0.4, 0.5) is 5.95 Å². The Morgan fingerprint density at radius 1 is 1.21 bits per heavy atom. The molecule has 5 nitrogen and oxygen atoms in total. The quantitative estimate of drug-likeness (QED) is 0.868. The third kappa shape index (κ3) is 3.08. The molecule has 0 spiro atoms. The van der Waals surface area contributed by atoms with Crippen LogP contribution in [0.25, 0.3) is 0 Å². The molecule has 2 fully saturated rings. The average Bonchev–Trinajstić information content (AvgIpc) is 3.11. The van der Waals surface area contributed by atoms with Gasteiger partial charge in [-0.2, -0.15) is 4.98 Å². The lowest BCUT2D eigenvalue weighted by molar-refractivity contribution is 0.439. The monoisotopic (exact) mass is 263 g/mol. The summed E-state index contributed by atoms with van der Waals surface area (Å²) in [6.07, 6.45) is 8.96. The van der Waals surface area contributed by atoms with E-state index in [2.05, 4.69) is 25.4 Å². The van der Waals surface area contributed by atoms with Crippen LogP contribution in [0.1, 0.15) is 44.3 Å². The minimum atomic E-state index is 0.660. The van der Waals surface area contributed by atoms with Crippen LogP contribution in [0.5, 0.6) is 0 Å². The Morgan fingerprint density at radius 2 is 1.95 bits per heavy atom. The fourth-order valence-corrected chi connectivity index (χ4v) is 3.37. The first-order chi connectivity index (χ1) is 9.35. The van der Waals surface area contributed by atoms with Crippen molar-refractivity contribution in [1.82, 2.24) is 20.5 Å². The van der Waals surface area contributed by atoms with Crippen molar-refractivity contribution in [3.63, 3.8) is 0 Å². The molecule has 1 saturated heterocycles. The van der Waals surface area contributed by atoms with Crippen LogP contribution < -0.4 is 10.2 Å². The Bertz CT molecular complexity index is 388. The third-order valence-corrected chi connectivity index (χ3v) is 4.66. The van der Waals surface area contributed by atoms with Gasteiger partial charge in [-0.15, -0.1) is 5.10 Å². The number of rotatable bonds is 4. The van der Waals surface area contributed by atoms with Gasteiger partial charge in [0.25, 0.3) is 0 Å². The van der Waals surface area contributed by atoms with Crippen LogP contribution in [0, 0.1) is 5.92 Å². The van der Waals surface area contributed by atoms with Crippen molar-refractivity contribution in [3.8, 4) is 0 Å². The molecule has 1 aromatic rings. The molecule has 0 amide bonds. The lowest BCUT2D eigenvalue weighted by Gasteiger charge is -2.30. The van der Waals surface area contributed by atoms with Gasteiger partial charge in [-0.3, -0.25) is 5.10 Å². The van der Waals surface area contributed by atoms with Crippen molar-refractivity contribution in [2.24, 2.45) is 5.92 Å². The number of anilines is 1. The summed E-state index contributed by atoms with van der Waals surface area (Å²) < 4.78 is 0. The second-order valence-electron chi connectivity index (χ2n) is 5.99. The fourth-order valence-electron chi connectivity index (χ4n) is 3.37. The van der Waals surface area contributed by atoms with E-state index in [0.717, 1.165) is 37.2 Å². The van der Waals surface area contributed by atoms with Gasteiger partial charge in [0.05, 0.1) is 0 Å². The third-order valence-electron chi connectivity index (χ3n) is 4.66. The molecule has 0 unspecified atom stereocenters. The number of nitrogens with one attached hydrogen (secondary N) is 2. The number of aromatic nitrogens is 3. The minimum Gasteiger partial charge on any atom is -0.339 e. The van der Waals surface area contributed by atoms with Crippen molar-refractivity contribution in [1.29, 1.82) is 0 Å². The second-order valence-corrected chi connectivity index (χ2v) is 5.99. The average molecular weight is 263 g/mol. The van der Waals surface area contributed by atoms with E-state index in [4.69, 9.17) is 0 Å². The van der Waals surface area contributed by atoms with E-state index < -0.39 is 0 Å². The van der Waals surface area contributed by atoms with E-state index in [1.54, 1.807) is 0 Å². The molecule has 0 aromatic carbocycles. The van der Waals surface area contributed by atoms with Gasteiger partial charge in [0.15, 0.2) is 0 Å². The number of nitrogens with zero attached hydrogens (tertiary/aromatic N) is 3. The standard InChI is InChI=1S/C14H25N5/c1-15-12-6-8-19(9-7-12)14-16-13(17-18-14)10-11-4-2-3-5-11/h11-12,15H,2-10H2,1H3,(H,16,17,18). The van der Waals surface area contributed by atoms with Gasteiger partial charge in [0.2, 0.25) is 5.95 Å². The highest BCUT2D eigenvalue weighted by atomic mass is 15.4. The van der Waals surface area contributed by atoms with E-state index in [1.807, 2.05) is 7.05 Å². The molecule has 2 N–H and O–H groups in total. The number of hydrogen-bond donors (Lipinski definition) is 2. The van der Waals surface area contributed by atoms with Crippen molar-refractivity contribution in [2.75, 3.05) is 25.0 Å². The van der Waals surface area contributed by atoms with E-state index in [9.17, 15) is 0 Å². The zero-order valence-electron chi connectivity index (χ0n) is 11.9. The summed E-state index contributed by atoms with van der Waals surface area (Å²) in [4.78, 5) is 7.00. The van der Waals surface area contributed by atoms with Crippen molar-refractivity contribution < 1.29 is 0 Å². The maximum absolute atomic E-state index is 4.69. The summed E-state index contributed by atoms with van der Waals surface area (Å²) in [6.45, 7) is 2.12. The van der Waals surface area contributed by atoms with Gasteiger partial charge < -0.3 is 10.2 Å². The van der Waals surface area contributed by atoms with Gasteiger partial charge in [0.1, 0.15) is 5.82 Å². The largest absolute Gasteiger partial charge is 0.339 e. The van der Waals surface area contributed by atoms with Crippen LogP contribution in [-0.4, -0.2) is 41.4 Å². The molecule has 3 rings (SSSR count). The molecule has 2 aliphatic rings. The number of hydrogen-bond acceptors (Lipinski definition) is 4. The maximum atomic E-state index is 4.69. The molecule has 0 atom stereocenters. The predicted octanol–water partition coefficient (Wildman–Crippen LogP) is 1.73. The number of H-pyrrole nitrogens is 1. The van der Waals surface area contributed by atoms with Gasteiger partial charge in [-0.1, -0.05) is 25.7 Å². The van der Waals surface area contributed by atoms with Crippen molar-refractivity contribution >= 4 is 5.95 Å². The molecule has 1 aromatic heterocycles. The van der Waals surface area contributed by atoms with Crippen molar-refractivity contribution in [3.05, 3.63) is 5.82 Å². The van der Waals surface area contributed by atoms with Crippen LogP contribution in [-0.2, 0) is 6.42 Å². The Balaban J connectivity index is 1.55. The zero-order valence-corrected chi connectivity index (χ0v) is 11.9. The molecular weight excluding hydrogens is 238 g/mol. The van der Waals surface area contributed by atoms with E-state index in [1.165, 1.54) is 38.5 Å². The van der Waals surface area contributed by atoms with Crippen LogP contribution in [0.3, 0.4) is 0 Å². The Labute approximate surface area is 115 Å². The summed E-state index contributed by atoms with van der Waals surface area (Å²) in [5.74, 6) is 2.82. The first kappa shape index (κ1) is 12.9. The zero-order chi connectivity index (χ0) is 13.1. The predicted molar refractivity (Wildman–Crippen MR) is 76.3 cm³/mol. The SMILES string of the molecule is CNC1CCN(c2n[nH]c(CC3CCCC3)n2)CC1. The Morgan fingerprint density at radius 3 is 2.63 bits per heavy atom. The normalized spacial score (nSPS) is 22.3. The summed E-state index contributed by atoms with van der Waals surface area (Å²) in [5.41, 5.74) is 0. The first-order valence-electron chi connectivity index (χ1n) is 7.68. The summed E-state index contributed by atoms with van der Waals surface area (Å²) in [7, 11) is 2.05. The van der Waals surface area contributed by atoms with E-state index in [0.29, 0.717) is 6.04 Å². The molecular formula is C14H25N5. The molecule has 19 heavy (non-hydrogen) atoms. The minimum absolute atomic E-state index is 0.660. The summed E-state index contributed by atoms with van der Waals surface area (Å²) in [6, 6.07) is 0.660. The molecule has 1 aliphatic heterocycles. The number of aromatic amines is 1. The summed E-state index contributed by atoms with van der Waals surface area (Å²) in [5, 5.41) is 10.9. The molecule has 5 heteroatoms. The van der Waals surface area contributed by atoms with Crippen LogP contribution in [0.2, 0.25) is 0 Å². The topological polar surface area (TPSA) is 56.8 Å². The molecule has 1 aliphatic carbocycles. The maximum Gasteiger partial charge on any atom is 0.244 e. The lowest BCUT2D eigenvalue weighted by atomic mass is 10.0.